The molecule has 0 bridgehead atoms. The number of ether oxygens (including phenoxy) is 1. The molecule has 52 valence electrons. The summed E-state index contributed by atoms with van der Waals surface area (Å²) in [5, 5.41) is 0. The van der Waals surface area contributed by atoms with E-state index in [4.69, 9.17) is 16.3 Å². The van der Waals surface area contributed by atoms with Gasteiger partial charge in [0.1, 0.15) is 6.07 Å². The highest BCUT2D eigenvalue weighted by atomic mass is 35.5. The molecule has 0 aliphatic heterocycles. The van der Waals surface area contributed by atoms with Crippen molar-refractivity contribution in [2.24, 2.45) is 0 Å². The van der Waals surface area contributed by atoms with Gasteiger partial charge in [0.2, 0.25) is 0 Å². The minimum atomic E-state index is -0.0816. The van der Waals surface area contributed by atoms with Gasteiger partial charge in [-0.15, -0.1) is 0 Å². The van der Waals surface area contributed by atoms with Gasteiger partial charge in [-0.1, -0.05) is 11.6 Å². The summed E-state index contributed by atoms with van der Waals surface area (Å²) in [5.74, 6) is 0. The first-order valence-electron chi connectivity index (χ1n) is 2.26. The van der Waals surface area contributed by atoms with Crippen LogP contribution in [-0.4, -0.2) is 22.6 Å². The lowest BCUT2D eigenvalue weighted by Gasteiger charge is -2.16. The Balaban J connectivity index is 0. The number of halogens is 1. The van der Waals surface area contributed by atoms with Gasteiger partial charge in [0.25, 0.3) is 0 Å². The van der Waals surface area contributed by atoms with Crippen LogP contribution in [0, 0.1) is 0 Å². The Morgan fingerprint density at radius 2 is 1.75 bits per heavy atom. The van der Waals surface area contributed by atoms with Crippen molar-refractivity contribution in [3.63, 3.8) is 0 Å². The first kappa shape index (κ1) is 11.3. The molecule has 0 aromatic heterocycles. The van der Waals surface area contributed by atoms with Crippen LogP contribution in [-0.2, 0) is 4.74 Å². The summed E-state index contributed by atoms with van der Waals surface area (Å²) in [7, 11) is 0. The molecular weight excluding hydrogens is 140 g/mol. The Morgan fingerprint density at radius 1 is 1.38 bits per heavy atom. The molecule has 0 heterocycles. The lowest BCUT2D eigenvalue weighted by atomic mass is 10.2. The summed E-state index contributed by atoms with van der Waals surface area (Å²) in [6.45, 7) is 5.90. The molecule has 0 aliphatic rings. The molecule has 0 aliphatic carbocycles. The molecule has 0 spiro atoms. The maximum absolute atomic E-state index is 5.26. The highest BCUT2D eigenvalue weighted by molar-refractivity contribution is 6.17. The van der Waals surface area contributed by atoms with Gasteiger partial charge in [0, 0.05) is 0 Å². The molecule has 0 unspecified atom stereocenters. The first-order valence-corrected chi connectivity index (χ1v) is 2.79. The topological polar surface area (TPSA) is 9.23 Å². The normalized spacial score (nSPS) is 10.5. The minimum absolute atomic E-state index is 0. The molecule has 8 heavy (non-hydrogen) atoms. The summed E-state index contributed by atoms with van der Waals surface area (Å²) in [6, 6.07) is 0.281. The molecule has 0 aromatic carbocycles. The third-order valence-electron chi connectivity index (χ3n) is 0.488. The van der Waals surface area contributed by atoms with Gasteiger partial charge in [-0.3, -0.25) is 0 Å². The van der Waals surface area contributed by atoms with E-state index in [2.05, 4.69) is 0 Å². The van der Waals surface area contributed by atoms with E-state index in [1.807, 2.05) is 20.8 Å². The Hall–Kier alpha value is 0.467. The average Bonchev–Trinajstić information content (AvgIpc) is 1.30. The minimum Gasteiger partial charge on any atom is -0.360 e. The molecule has 1 nitrogen and oxygen atoms in total. The van der Waals surface area contributed by atoms with E-state index in [1.165, 1.54) is 0 Å². The molecule has 0 saturated heterocycles. The second kappa shape index (κ2) is 4.36. The molecule has 3 heteroatoms. The van der Waals surface area contributed by atoms with E-state index in [9.17, 15) is 0 Å². The molecule has 0 N–H and O–H groups in total. The van der Waals surface area contributed by atoms with E-state index in [0.29, 0.717) is 0 Å². The van der Waals surface area contributed by atoms with Crippen LogP contribution in [0.5, 0.6) is 0 Å². The van der Waals surface area contributed by atoms with Gasteiger partial charge in [0.15, 0.2) is 0 Å². The molecule has 0 fully saturated rings. The third-order valence-corrected chi connectivity index (χ3v) is 0.597. The Morgan fingerprint density at radius 3 is 1.75 bits per heavy atom. The second-order valence-electron chi connectivity index (χ2n) is 2.37. The lowest BCUT2D eigenvalue weighted by Crippen LogP contribution is -2.17. The van der Waals surface area contributed by atoms with Crippen LogP contribution in [0.2, 0.25) is 0 Å². The SMILES string of the molecule is CC(C)(C)OCCl.[SiH4]. The molecular formula is C5H15ClOSi. The maximum atomic E-state index is 5.26. The summed E-state index contributed by atoms with van der Waals surface area (Å²) >= 11 is 5.26. The molecule has 0 radical (unpaired) electrons. The molecule has 0 atom stereocenters. The van der Waals surface area contributed by atoms with Gasteiger partial charge in [-0.05, 0) is 31.7 Å². The van der Waals surface area contributed by atoms with Crippen LogP contribution in [0.25, 0.3) is 0 Å². The third kappa shape index (κ3) is 9.69. The quantitative estimate of drug-likeness (QED) is 0.396. The lowest BCUT2D eigenvalue weighted by molar-refractivity contribution is 0.0262. The van der Waals surface area contributed by atoms with Gasteiger partial charge in [0.05, 0.1) is 5.60 Å². The average molecular weight is 155 g/mol. The van der Waals surface area contributed by atoms with Crippen LogP contribution in [0.1, 0.15) is 20.8 Å². The summed E-state index contributed by atoms with van der Waals surface area (Å²) in [5.41, 5.74) is -0.0816. The summed E-state index contributed by atoms with van der Waals surface area (Å²) < 4.78 is 4.99. The van der Waals surface area contributed by atoms with Gasteiger partial charge < -0.3 is 4.74 Å². The zero-order chi connectivity index (χ0) is 5.91. The van der Waals surface area contributed by atoms with Crippen molar-refractivity contribution < 1.29 is 4.74 Å². The number of rotatable bonds is 1. The Kier molecular flexibility index (Phi) is 6.15. The molecule has 0 aromatic rings. The van der Waals surface area contributed by atoms with E-state index in [1.54, 1.807) is 0 Å². The molecule has 0 saturated carbocycles. The van der Waals surface area contributed by atoms with Crippen molar-refractivity contribution in [2.45, 2.75) is 26.4 Å². The maximum Gasteiger partial charge on any atom is 0.121 e. The zero-order valence-electron chi connectivity index (χ0n) is 4.99. The summed E-state index contributed by atoms with van der Waals surface area (Å²) in [4.78, 5) is 0. The number of hydrogen-bond acceptors (Lipinski definition) is 1. The molecule has 0 rings (SSSR count). The van der Waals surface area contributed by atoms with Crippen molar-refractivity contribution >= 4 is 22.6 Å². The van der Waals surface area contributed by atoms with E-state index >= 15 is 0 Å². The fraction of sp³-hybridized carbons (Fsp3) is 1.00. The highest BCUT2D eigenvalue weighted by Crippen LogP contribution is 2.05. The van der Waals surface area contributed by atoms with Crippen LogP contribution >= 0.6 is 11.6 Å². The van der Waals surface area contributed by atoms with Crippen molar-refractivity contribution in [3.8, 4) is 0 Å². The van der Waals surface area contributed by atoms with Crippen LogP contribution in [0.4, 0.5) is 0 Å². The molecule has 0 amide bonds. The van der Waals surface area contributed by atoms with Crippen molar-refractivity contribution in [1.29, 1.82) is 0 Å². The summed E-state index contributed by atoms with van der Waals surface area (Å²) in [6.07, 6.45) is 0. The van der Waals surface area contributed by atoms with Crippen LogP contribution < -0.4 is 0 Å². The monoisotopic (exact) mass is 154 g/mol. The number of alkyl halides is 1. The van der Waals surface area contributed by atoms with E-state index < -0.39 is 0 Å². The van der Waals surface area contributed by atoms with E-state index in [-0.39, 0.29) is 22.6 Å². The van der Waals surface area contributed by atoms with Crippen LogP contribution in [0.15, 0.2) is 0 Å². The second-order valence-corrected chi connectivity index (χ2v) is 2.58. The fourth-order valence-corrected chi connectivity index (χ4v) is 0.491. The standard InChI is InChI=1S/C5H11ClO.H4Si/c1-5(2,3)7-4-6;/h4H2,1-3H3;1H4. The van der Waals surface area contributed by atoms with E-state index in [0.717, 1.165) is 0 Å². The van der Waals surface area contributed by atoms with Crippen molar-refractivity contribution in [1.82, 2.24) is 0 Å². The number of hydrogen-bond donors (Lipinski definition) is 0. The Labute approximate surface area is 60.4 Å². The first-order chi connectivity index (χ1) is 3.06. The Bertz CT molecular complexity index is 50.9. The van der Waals surface area contributed by atoms with Crippen LogP contribution in [0.3, 0.4) is 0 Å². The van der Waals surface area contributed by atoms with Crippen molar-refractivity contribution in [3.05, 3.63) is 0 Å². The predicted octanol–water partition coefficient (Wildman–Crippen LogP) is 0.546. The highest BCUT2D eigenvalue weighted by Gasteiger charge is 2.07. The van der Waals surface area contributed by atoms with Crippen molar-refractivity contribution in [2.75, 3.05) is 6.07 Å². The fourth-order valence-electron chi connectivity index (χ4n) is 0.164. The van der Waals surface area contributed by atoms with Gasteiger partial charge in [-0.2, -0.15) is 0 Å². The zero-order valence-corrected chi connectivity index (χ0v) is 5.75. The van der Waals surface area contributed by atoms with Gasteiger partial charge in [-0.25, -0.2) is 0 Å². The smallest absolute Gasteiger partial charge is 0.121 e. The van der Waals surface area contributed by atoms with Gasteiger partial charge >= 0.3 is 0 Å². The predicted molar refractivity (Wildman–Crippen MR) is 42.9 cm³/mol. The largest absolute Gasteiger partial charge is 0.360 e.